The fraction of sp³-hybridized carbons (Fsp3) is 0.875. The summed E-state index contributed by atoms with van der Waals surface area (Å²) in [6.07, 6.45) is 22.6. The van der Waals surface area contributed by atoms with Gasteiger partial charge in [-0.1, -0.05) is 70.4 Å². The van der Waals surface area contributed by atoms with Gasteiger partial charge in [-0.3, -0.25) is 4.79 Å². The normalized spacial score (nSPS) is 10.9. The first-order valence-electron chi connectivity index (χ1n) is 11.8. The summed E-state index contributed by atoms with van der Waals surface area (Å²) in [6.45, 7) is 3.81. The Hall–Kier alpha value is -0.910. The van der Waals surface area contributed by atoms with E-state index in [1.807, 2.05) is 0 Å². The van der Waals surface area contributed by atoms with Gasteiger partial charge in [0.25, 0.3) is 0 Å². The summed E-state index contributed by atoms with van der Waals surface area (Å²) in [7, 11) is 0. The first-order chi connectivity index (χ1) is 14.2. The maximum Gasteiger partial charge on any atom is 0.303 e. The molecule has 0 radical (unpaired) electrons. The third-order valence-electron chi connectivity index (χ3n) is 4.55. The molecule has 0 saturated heterocycles. The van der Waals surface area contributed by atoms with E-state index < -0.39 is 5.97 Å². The predicted octanol–water partition coefficient (Wildman–Crippen LogP) is 5.88. The molecule has 0 aliphatic rings. The first kappa shape index (κ1) is 30.3. The van der Waals surface area contributed by atoms with Crippen LogP contribution in [0.1, 0.15) is 110 Å². The van der Waals surface area contributed by atoms with Crippen LogP contribution in [0, 0.1) is 0 Å². The monoisotopic (exact) mass is 416 g/mol. The number of aliphatic hydroxyl groups is 2. The number of unbranched alkanes of at least 4 members (excludes halogenated alkanes) is 11. The molecule has 5 nitrogen and oxygen atoms in total. The highest BCUT2D eigenvalue weighted by Crippen LogP contribution is 2.09. The van der Waals surface area contributed by atoms with Crippen LogP contribution in [0.25, 0.3) is 0 Å². The first-order valence-corrected chi connectivity index (χ1v) is 11.8. The number of rotatable bonds is 21. The molecule has 0 aliphatic carbocycles. The van der Waals surface area contributed by atoms with E-state index >= 15 is 0 Å². The van der Waals surface area contributed by atoms with Gasteiger partial charge in [0.2, 0.25) is 0 Å². The zero-order chi connectivity index (χ0) is 21.8. The highest BCUT2D eigenvalue weighted by atomic mass is 16.5. The number of hydrogen-bond donors (Lipinski definition) is 3. The average molecular weight is 417 g/mol. The molecular formula is C24H48O5. The Morgan fingerprint density at radius 3 is 1.59 bits per heavy atom. The van der Waals surface area contributed by atoms with E-state index in [4.69, 9.17) is 20.1 Å². The Labute approximate surface area is 179 Å². The molecule has 5 heteroatoms. The van der Waals surface area contributed by atoms with Crippen molar-refractivity contribution in [1.29, 1.82) is 0 Å². The summed E-state index contributed by atoms with van der Waals surface area (Å²) in [5.74, 6) is -0.664. The molecule has 0 rings (SSSR count). The summed E-state index contributed by atoms with van der Waals surface area (Å²) < 4.78 is 4.99. The SMILES string of the molecule is CCCCCCCC/C=C\CCCCCCCC(=O)O.OCCCOCCCO. The molecule has 0 amide bonds. The van der Waals surface area contributed by atoms with E-state index in [0.717, 1.165) is 12.8 Å². The molecule has 174 valence electrons. The van der Waals surface area contributed by atoms with Gasteiger partial charge in [-0.25, -0.2) is 0 Å². The van der Waals surface area contributed by atoms with Crippen molar-refractivity contribution in [3.05, 3.63) is 12.2 Å². The Kier molecular flexibility index (Phi) is 30.6. The molecule has 0 aromatic heterocycles. The second-order valence-electron chi connectivity index (χ2n) is 7.49. The number of ether oxygens (including phenoxy) is 1. The minimum atomic E-state index is -0.664. The second kappa shape index (κ2) is 29.3. The molecule has 0 aliphatic heterocycles. The van der Waals surface area contributed by atoms with Gasteiger partial charge in [-0.15, -0.1) is 0 Å². The van der Waals surface area contributed by atoms with Crippen molar-refractivity contribution >= 4 is 5.97 Å². The van der Waals surface area contributed by atoms with Crippen molar-refractivity contribution in [3.63, 3.8) is 0 Å². The van der Waals surface area contributed by atoms with Crippen LogP contribution >= 0.6 is 0 Å². The average Bonchev–Trinajstić information content (AvgIpc) is 2.71. The number of carbonyl (C=O) groups is 1. The zero-order valence-electron chi connectivity index (χ0n) is 19.0. The Morgan fingerprint density at radius 2 is 1.14 bits per heavy atom. The smallest absolute Gasteiger partial charge is 0.303 e. The van der Waals surface area contributed by atoms with Crippen LogP contribution in [-0.4, -0.2) is 47.7 Å². The van der Waals surface area contributed by atoms with E-state index in [2.05, 4.69) is 19.1 Å². The van der Waals surface area contributed by atoms with Gasteiger partial charge in [0.1, 0.15) is 0 Å². The van der Waals surface area contributed by atoms with Gasteiger partial charge < -0.3 is 20.1 Å². The van der Waals surface area contributed by atoms with Crippen LogP contribution in [-0.2, 0) is 9.53 Å². The van der Waals surface area contributed by atoms with E-state index in [9.17, 15) is 4.79 Å². The van der Waals surface area contributed by atoms with Crippen LogP contribution in [0.3, 0.4) is 0 Å². The molecule has 0 bridgehead atoms. The number of carboxylic acid groups (broad SMARTS) is 1. The Bertz CT molecular complexity index is 325. The summed E-state index contributed by atoms with van der Waals surface area (Å²) in [4.78, 5) is 10.3. The van der Waals surface area contributed by atoms with Gasteiger partial charge in [-0.2, -0.15) is 0 Å². The van der Waals surface area contributed by atoms with Crippen molar-refractivity contribution in [3.8, 4) is 0 Å². The van der Waals surface area contributed by atoms with Crippen LogP contribution in [0.4, 0.5) is 0 Å². The lowest BCUT2D eigenvalue weighted by Crippen LogP contribution is -2.00. The summed E-state index contributed by atoms with van der Waals surface area (Å²) in [5, 5.41) is 25.1. The highest BCUT2D eigenvalue weighted by molar-refractivity contribution is 5.66. The molecule has 0 saturated carbocycles. The zero-order valence-corrected chi connectivity index (χ0v) is 19.0. The quantitative estimate of drug-likeness (QED) is 0.161. The van der Waals surface area contributed by atoms with E-state index in [0.29, 0.717) is 32.5 Å². The lowest BCUT2D eigenvalue weighted by Gasteiger charge is -1.99. The molecule has 3 N–H and O–H groups in total. The van der Waals surface area contributed by atoms with Crippen molar-refractivity contribution in [2.75, 3.05) is 26.4 Å². The van der Waals surface area contributed by atoms with Crippen molar-refractivity contribution in [1.82, 2.24) is 0 Å². The molecule has 29 heavy (non-hydrogen) atoms. The largest absolute Gasteiger partial charge is 0.481 e. The van der Waals surface area contributed by atoms with Crippen LogP contribution in [0.2, 0.25) is 0 Å². The maximum atomic E-state index is 10.3. The summed E-state index contributed by atoms with van der Waals surface area (Å²) >= 11 is 0. The van der Waals surface area contributed by atoms with E-state index in [1.54, 1.807) is 0 Å². The molecule has 0 heterocycles. The Balaban J connectivity index is 0. The lowest BCUT2D eigenvalue weighted by molar-refractivity contribution is -0.137. The fourth-order valence-corrected chi connectivity index (χ4v) is 2.78. The molecule has 0 spiro atoms. The molecule has 0 atom stereocenters. The minimum absolute atomic E-state index is 0.180. The third kappa shape index (κ3) is 34.9. The van der Waals surface area contributed by atoms with Crippen molar-refractivity contribution in [2.45, 2.75) is 110 Å². The summed E-state index contributed by atoms with van der Waals surface area (Å²) in [6, 6.07) is 0. The lowest BCUT2D eigenvalue weighted by atomic mass is 10.1. The standard InChI is InChI=1S/C18H34O2.C6H14O3/c1-2-3-4-5-6-7-8-9-10-11-12-13-14-15-16-17-18(19)20;7-3-1-5-9-6-2-4-8/h9-10H,2-8,11-17H2,1H3,(H,19,20);7-8H,1-6H2/b10-9-;. The number of carboxylic acids is 1. The number of aliphatic hydroxyl groups excluding tert-OH is 2. The van der Waals surface area contributed by atoms with Gasteiger partial charge in [0.15, 0.2) is 0 Å². The van der Waals surface area contributed by atoms with Crippen LogP contribution in [0.15, 0.2) is 12.2 Å². The number of aliphatic carboxylic acids is 1. The Morgan fingerprint density at radius 1 is 0.690 bits per heavy atom. The van der Waals surface area contributed by atoms with E-state index in [1.165, 1.54) is 70.6 Å². The molecule has 0 fully saturated rings. The fourth-order valence-electron chi connectivity index (χ4n) is 2.78. The molecule has 0 aromatic rings. The van der Waals surface area contributed by atoms with Crippen LogP contribution < -0.4 is 0 Å². The van der Waals surface area contributed by atoms with Crippen LogP contribution in [0.5, 0.6) is 0 Å². The van der Waals surface area contributed by atoms with Gasteiger partial charge in [-0.05, 0) is 44.9 Å². The van der Waals surface area contributed by atoms with Gasteiger partial charge in [0, 0.05) is 32.8 Å². The third-order valence-corrected chi connectivity index (χ3v) is 4.55. The van der Waals surface area contributed by atoms with Gasteiger partial charge >= 0.3 is 5.97 Å². The second-order valence-corrected chi connectivity index (χ2v) is 7.49. The summed E-state index contributed by atoms with van der Waals surface area (Å²) in [5.41, 5.74) is 0. The molecule has 0 unspecified atom stereocenters. The highest BCUT2D eigenvalue weighted by Gasteiger charge is 1.95. The number of hydrogen-bond acceptors (Lipinski definition) is 4. The predicted molar refractivity (Wildman–Crippen MR) is 121 cm³/mol. The minimum Gasteiger partial charge on any atom is -0.481 e. The maximum absolute atomic E-state index is 10.3. The van der Waals surface area contributed by atoms with Gasteiger partial charge in [0.05, 0.1) is 0 Å². The topological polar surface area (TPSA) is 87.0 Å². The molecular weight excluding hydrogens is 368 g/mol. The number of allylic oxidation sites excluding steroid dienone is 2. The van der Waals surface area contributed by atoms with E-state index in [-0.39, 0.29) is 13.2 Å². The van der Waals surface area contributed by atoms with Crippen molar-refractivity contribution in [2.24, 2.45) is 0 Å². The molecule has 0 aromatic carbocycles. The van der Waals surface area contributed by atoms with Crippen molar-refractivity contribution < 1.29 is 24.9 Å².